The average molecular weight is 199 g/mol. The topological polar surface area (TPSA) is 40.5 Å². The van der Waals surface area contributed by atoms with Gasteiger partial charge in [0.05, 0.1) is 6.04 Å². The van der Waals surface area contributed by atoms with Crippen molar-refractivity contribution in [3.05, 3.63) is 0 Å². The number of hydrogen-bond acceptors (Lipinski definition) is 3. The van der Waals surface area contributed by atoms with Gasteiger partial charge < -0.3 is 5.11 Å². The molecule has 0 saturated carbocycles. The van der Waals surface area contributed by atoms with Crippen molar-refractivity contribution in [2.75, 3.05) is 19.7 Å². The van der Waals surface area contributed by atoms with Gasteiger partial charge in [-0.05, 0) is 32.2 Å². The highest BCUT2D eigenvalue weighted by molar-refractivity contribution is 5.83. The molecular formula is C11H21NO2. The van der Waals surface area contributed by atoms with Gasteiger partial charge in [0.1, 0.15) is 5.78 Å². The fraction of sp³-hybridized carbons (Fsp3) is 0.909. The van der Waals surface area contributed by atoms with Crippen molar-refractivity contribution < 1.29 is 9.90 Å². The Labute approximate surface area is 86.1 Å². The molecule has 1 aliphatic rings. The smallest absolute Gasteiger partial charge is 0.149 e. The molecule has 3 nitrogen and oxygen atoms in total. The highest BCUT2D eigenvalue weighted by Gasteiger charge is 2.25. The standard InChI is InChI=1S/C11H21NO2/c1-3-11(14)9(2)12-6-4-5-10(7-12)8-13/h9-10,13H,3-8H2,1-2H3. The van der Waals surface area contributed by atoms with Gasteiger partial charge in [-0.1, -0.05) is 6.92 Å². The maximum atomic E-state index is 11.5. The largest absolute Gasteiger partial charge is 0.396 e. The Morgan fingerprint density at radius 1 is 1.64 bits per heavy atom. The number of nitrogens with zero attached hydrogens (tertiary/aromatic N) is 1. The van der Waals surface area contributed by atoms with Crippen LogP contribution in [0.15, 0.2) is 0 Å². The number of ketones is 1. The number of likely N-dealkylation sites (tertiary alicyclic amines) is 1. The number of piperidine rings is 1. The third-order valence-electron chi connectivity index (χ3n) is 3.17. The first-order valence-corrected chi connectivity index (χ1v) is 5.56. The molecule has 0 aromatic carbocycles. The zero-order valence-corrected chi connectivity index (χ0v) is 9.20. The minimum atomic E-state index is 0.0364. The highest BCUT2D eigenvalue weighted by Crippen LogP contribution is 2.18. The van der Waals surface area contributed by atoms with Crippen LogP contribution in [0.1, 0.15) is 33.1 Å². The van der Waals surface area contributed by atoms with Gasteiger partial charge >= 0.3 is 0 Å². The van der Waals surface area contributed by atoms with Crippen molar-refractivity contribution in [3.8, 4) is 0 Å². The Kier molecular flexibility index (Phi) is 4.55. The van der Waals surface area contributed by atoms with Gasteiger partial charge in [0.25, 0.3) is 0 Å². The number of Topliss-reactive ketones (excluding diaryl/α,β-unsaturated/α-hetero) is 1. The van der Waals surface area contributed by atoms with Crippen LogP contribution in [-0.2, 0) is 4.79 Å². The molecule has 1 N–H and O–H groups in total. The Bertz CT molecular complexity index is 194. The SMILES string of the molecule is CCC(=O)C(C)N1CCCC(CO)C1. The predicted octanol–water partition coefficient (Wildman–Crippen LogP) is 1.06. The van der Waals surface area contributed by atoms with Gasteiger partial charge in [-0.2, -0.15) is 0 Å². The van der Waals surface area contributed by atoms with Gasteiger partial charge in [-0.3, -0.25) is 9.69 Å². The van der Waals surface area contributed by atoms with Crippen molar-refractivity contribution in [2.24, 2.45) is 5.92 Å². The van der Waals surface area contributed by atoms with Crippen LogP contribution in [0, 0.1) is 5.92 Å². The fourth-order valence-corrected chi connectivity index (χ4v) is 2.10. The number of rotatable bonds is 4. The molecule has 0 amide bonds. The molecule has 0 aliphatic carbocycles. The predicted molar refractivity (Wildman–Crippen MR) is 56.1 cm³/mol. The molecule has 1 heterocycles. The van der Waals surface area contributed by atoms with Crippen molar-refractivity contribution >= 4 is 5.78 Å². The first-order valence-electron chi connectivity index (χ1n) is 5.56. The lowest BCUT2D eigenvalue weighted by atomic mass is 9.96. The van der Waals surface area contributed by atoms with E-state index in [0.29, 0.717) is 18.1 Å². The first-order chi connectivity index (χ1) is 6.69. The van der Waals surface area contributed by atoms with Crippen molar-refractivity contribution in [3.63, 3.8) is 0 Å². The summed E-state index contributed by atoms with van der Waals surface area (Å²) < 4.78 is 0. The molecule has 1 rings (SSSR count). The Hall–Kier alpha value is -0.410. The minimum absolute atomic E-state index is 0.0364. The van der Waals surface area contributed by atoms with Gasteiger partial charge in [0.15, 0.2) is 0 Å². The Balaban J connectivity index is 2.46. The summed E-state index contributed by atoms with van der Waals surface area (Å²) in [5.74, 6) is 0.680. The molecule has 0 spiro atoms. The van der Waals surface area contributed by atoms with Crippen LogP contribution in [0.4, 0.5) is 0 Å². The van der Waals surface area contributed by atoms with Crippen LogP contribution in [0.25, 0.3) is 0 Å². The summed E-state index contributed by atoms with van der Waals surface area (Å²) in [4.78, 5) is 13.7. The van der Waals surface area contributed by atoms with Crippen LogP contribution in [0.3, 0.4) is 0 Å². The third-order valence-corrected chi connectivity index (χ3v) is 3.17. The summed E-state index contributed by atoms with van der Waals surface area (Å²) in [6.45, 7) is 6.02. The summed E-state index contributed by atoms with van der Waals surface area (Å²) in [5, 5.41) is 9.07. The Morgan fingerprint density at radius 3 is 2.93 bits per heavy atom. The Morgan fingerprint density at radius 2 is 2.36 bits per heavy atom. The van der Waals surface area contributed by atoms with E-state index in [4.69, 9.17) is 5.11 Å². The molecule has 82 valence electrons. The van der Waals surface area contributed by atoms with Crippen LogP contribution < -0.4 is 0 Å². The number of hydrogen-bond donors (Lipinski definition) is 1. The fourth-order valence-electron chi connectivity index (χ4n) is 2.10. The summed E-state index contributed by atoms with van der Waals surface area (Å²) in [6, 6.07) is 0.0364. The van der Waals surface area contributed by atoms with Crippen molar-refractivity contribution in [1.82, 2.24) is 4.90 Å². The quantitative estimate of drug-likeness (QED) is 0.736. The number of carbonyl (C=O) groups excluding carboxylic acids is 1. The molecule has 0 aromatic heterocycles. The molecule has 1 saturated heterocycles. The van der Waals surface area contributed by atoms with Crippen LogP contribution in [-0.4, -0.2) is 41.5 Å². The maximum absolute atomic E-state index is 11.5. The molecule has 1 aliphatic heterocycles. The summed E-state index contributed by atoms with van der Waals surface area (Å²) >= 11 is 0. The average Bonchev–Trinajstić information content (AvgIpc) is 2.27. The van der Waals surface area contributed by atoms with Gasteiger partial charge in [-0.25, -0.2) is 0 Å². The number of carbonyl (C=O) groups is 1. The lowest BCUT2D eigenvalue weighted by molar-refractivity contribution is -0.124. The lowest BCUT2D eigenvalue weighted by Crippen LogP contribution is -2.45. The molecular weight excluding hydrogens is 178 g/mol. The van der Waals surface area contributed by atoms with Crippen LogP contribution in [0.5, 0.6) is 0 Å². The van der Waals surface area contributed by atoms with E-state index in [1.54, 1.807) is 0 Å². The normalized spacial score (nSPS) is 26.1. The van der Waals surface area contributed by atoms with E-state index < -0.39 is 0 Å². The zero-order valence-electron chi connectivity index (χ0n) is 9.20. The second-order valence-electron chi connectivity index (χ2n) is 4.18. The second kappa shape index (κ2) is 5.47. The van der Waals surface area contributed by atoms with Gasteiger partial charge in [-0.15, -0.1) is 0 Å². The molecule has 14 heavy (non-hydrogen) atoms. The van der Waals surface area contributed by atoms with E-state index in [2.05, 4.69) is 4.90 Å². The molecule has 1 fully saturated rings. The van der Waals surface area contributed by atoms with Gasteiger partial charge in [0, 0.05) is 19.6 Å². The van der Waals surface area contributed by atoms with E-state index in [0.717, 1.165) is 25.9 Å². The first kappa shape index (κ1) is 11.7. The molecule has 0 aromatic rings. The monoisotopic (exact) mass is 199 g/mol. The summed E-state index contributed by atoms with van der Waals surface area (Å²) in [6.07, 6.45) is 2.81. The van der Waals surface area contributed by atoms with Crippen molar-refractivity contribution in [1.29, 1.82) is 0 Å². The van der Waals surface area contributed by atoms with E-state index in [-0.39, 0.29) is 12.6 Å². The molecule has 3 heteroatoms. The third kappa shape index (κ3) is 2.79. The molecule has 2 unspecified atom stereocenters. The van der Waals surface area contributed by atoms with Crippen LogP contribution >= 0.6 is 0 Å². The summed E-state index contributed by atoms with van der Waals surface area (Å²) in [5.41, 5.74) is 0. The van der Waals surface area contributed by atoms with E-state index in [1.165, 1.54) is 0 Å². The molecule has 0 radical (unpaired) electrons. The maximum Gasteiger partial charge on any atom is 0.149 e. The van der Waals surface area contributed by atoms with E-state index >= 15 is 0 Å². The number of aliphatic hydroxyl groups excluding tert-OH is 1. The lowest BCUT2D eigenvalue weighted by Gasteiger charge is -2.35. The van der Waals surface area contributed by atoms with Crippen molar-refractivity contribution in [2.45, 2.75) is 39.2 Å². The zero-order chi connectivity index (χ0) is 10.6. The summed E-state index contributed by atoms with van der Waals surface area (Å²) in [7, 11) is 0. The number of aliphatic hydroxyl groups is 1. The van der Waals surface area contributed by atoms with E-state index in [1.807, 2.05) is 13.8 Å². The molecule has 0 bridgehead atoms. The second-order valence-corrected chi connectivity index (χ2v) is 4.18. The van der Waals surface area contributed by atoms with Crippen LogP contribution in [0.2, 0.25) is 0 Å². The van der Waals surface area contributed by atoms with E-state index in [9.17, 15) is 4.79 Å². The van der Waals surface area contributed by atoms with Gasteiger partial charge in [0.2, 0.25) is 0 Å². The molecule has 2 atom stereocenters. The minimum Gasteiger partial charge on any atom is -0.396 e. The highest BCUT2D eigenvalue weighted by atomic mass is 16.3.